The first-order chi connectivity index (χ1) is 20.7. The highest BCUT2D eigenvalue weighted by molar-refractivity contribution is 6.23. The van der Waals surface area contributed by atoms with Gasteiger partial charge in [-0.2, -0.15) is 0 Å². The Morgan fingerprint density at radius 3 is 2.36 bits per heavy atom. The lowest BCUT2D eigenvalue weighted by atomic mass is 9.85. The highest BCUT2D eigenvalue weighted by Crippen LogP contribution is 2.29. The van der Waals surface area contributed by atoms with E-state index in [2.05, 4.69) is 10.6 Å². The van der Waals surface area contributed by atoms with E-state index in [-0.39, 0.29) is 54.3 Å². The molecular formula is C31H45N3O10. The molecule has 13 nitrogen and oxygen atoms in total. The number of fused-ring (bicyclic) bond motifs is 2. The molecule has 2 amide bonds. The van der Waals surface area contributed by atoms with Gasteiger partial charge >= 0.3 is 12.1 Å². The van der Waals surface area contributed by atoms with Crippen LogP contribution in [-0.2, 0) is 33.4 Å². The van der Waals surface area contributed by atoms with Gasteiger partial charge in [0.2, 0.25) is 11.6 Å². The maximum absolute atomic E-state index is 13.6. The van der Waals surface area contributed by atoms with Gasteiger partial charge in [-0.3, -0.25) is 19.2 Å². The van der Waals surface area contributed by atoms with Crippen LogP contribution in [0.3, 0.4) is 0 Å². The van der Waals surface area contributed by atoms with Crippen molar-refractivity contribution in [3.63, 3.8) is 0 Å². The summed E-state index contributed by atoms with van der Waals surface area (Å²) in [5.41, 5.74) is 6.13. The summed E-state index contributed by atoms with van der Waals surface area (Å²) in [5.74, 6) is -3.55. The molecule has 6 atom stereocenters. The molecule has 6 N–H and O–H groups in total. The molecule has 1 aliphatic heterocycles. The Labute approximate surface area is 257 Å². The fourth-order valence-corrected chi connectivity index (χ4v) is 5.38. The number of carboxylic acids is 1. The number of hydrogen-bond donors (Lipinski definition) is 5. The molecule has 0 saturated carbocycles. The molecular weight excluding hydrogens is 574 g/mol. The normalized spacial score (nSPS) is 30.3. The fourth-order valence-electron chi connectivity index (χ4n) is 5.38. The summed E-state index contributed by atoms with van der Waals surface area (Å²) in [4.78, 5) is 62.5. The van der Waals surface area contributed by atoms with Gasteiger partial charge in [-0.25, -0.2) is 4.79 Å². The van der Waals surface area contributed by atoms with E-state index in [4.69, 9.17) is 25.1 Å². The van der Waals surface area contributed by atoms with Crippen molar-refractivity contribution in [1.29, 1.82) is 0 Å². The topological polar surface area (TPSA) is 204 Å². The maximum atomic E-state index is 13.6. The number of amides is 2. The number of carbonyl (C=O) groups excluding carboxylic acids is 4. The average Bonchev–Trinajstić information content (AvgIpc) is 2.95. The third-order valence-corrected chi connectivity index (χ3v) is 7.76. The zero-order valence-electron chi connectivity index (χ0n) is 26.2. The second-order valence-electron chi connectivity index (χ2n) is 11.3. The molecule has 0 spiro atoms. The summed E-state index contributed by atoms with van der Waals surface area (Å²) >= 11 is 0. The van der Waals surface area contributed by atoms with Crippen molar-refractivity contribution in [2.75, 3.05) is 20.8 Å². The molecule has 0 unspecified atom stereocenters. The minimum absolute atomic E-state index is 0.0215. The van der Waals surface area contributed by atoms with Crippen LogP contribution >= 0.6 is 0 Å². The van der Waals surface area contributed by atoms with Crippen LogP contribution in [-0.4, -0.2) is 84.9 Å². The van der Waals surface area contributed by atoms with Crippen LogP contribution in [0.15, 0.2) is 46.3 Å². The minimum Gasteiger partial charge on any atom is -0.481 e. The standard InChI is InChI=1S/C31H45N3O10/c1-16-12-20-26(33-11-10-25(36)37)22(35)15-21(28(20)39)34-30(40)17(2)8-7-9-23(42-5)29(44-31(32)41)19(4)14-18(3)27(38)24(13-16)43-6/h8,14-16,18,23-24,27,29,33,38H,7,9-13H2,1-6H3,(H2,32,41)(H,34,40)(H,36,37)/b17-8+,19-14+/t16-,18+,23+,24+,27-,29+/m1/s1. The van der Waals surface area contributed by atoms with E-state index in [9.17, 15) is 29.1 Å². The Morgan fingerprint density at radius 2 is 1.77 bits per heavy atom. The van der Waals surface area contributed by atoms with Crippen LogP contribution in [0.25, 0.3) is 0 Å². The number of hydrogen-bond acceptors (Lipinski definition) is 10. The molecule has 2 aliphatic rings. The third-order valence-electron chi connectivity index (χ3n) is 7.76. The molecule has 0 aromatic rings. The number of methoxy groups -OCH3 is 2. The zero-order valence-corrected chi connectivity index (χ0v) is 26.2. The second-order valence-corrected chi connectivity index (χ2v) is 11.3. The number of nitrogens with two attached hydrogens (primary N) is 1. The van der Waals surface area contributed by atoms with E-state index in [0.29, 0.717) is 18.4 Å². The Kier molecular flexibility index (Phi) is 14.0. The molecule has 0 fully saturated rings. The molecule has 0 aromatic heterocycles. The molecule has 13 heteroatoms. The number of aliphatic hydroxyl groups excluding tert-OH is 1. The number of aliphatic carboxylic acids is 1. The van der Waals surface area contributed by atoms with Gasteiger partial charge in [0, 0.05) is 43.9 Å². The quantitative estimate of drug-likeness (QED) is 0.206. The first kappa shape index (κ1) is 36.4. The lowest BCUT2D eigenvalue weighted by molar-refractivity contribution is -0.137. The van der Waals surface area contributed by atoms with Crippen molar-refractivity contribution in [1.82, 2.24) is 10.6 Å². The molecule has 0 saturated heterocycles. The number of nitrogens with one attached hydrogen (secondary N) is 2. The fraction of sp³-hybridized carbons (Fsp3) is 0.581. The lowest BCUT2D eigenvalue weighted by Gasteiger charge is -2.30. The average molecular weight is 620 g/mol. The Hall–Kier alpha value is -3.81. The first-order valence-electron chi connectivity index (χ1n) is 14.6. The largest absolute Gasteiger partial charge is 0.481 e. The third kappa shape index (κ3) is 10.1. The van der Waals surface area contributed by atoms with E-state index >= 15 is 0 Å². The number of carboxylic acid groups (broad SMARTS) is 1. The summed E-state index contributed by atoms with van der Waals surface area (Å²) < 4.78 is 16.7. The number of rotatable bonds is 7. The molecule has 44 heavy (non-hydrogen) atoms. The number of primary amides is 1. The van der Waals surface area contributed by atoms with Gasteiger partial charge in [-0.1, -0.05) is 26.0 Å². The van der Waals surface area contributed by atoms with Gasteiger partial charge < -0.3 is 40.8 Å². The lowest BCUT2D eigenvalue weighted by Crippen LogP contribution is -2.38. The number of ketones is 2. The van der Waals surface area contributed by atoms with Gasteiger partial charge in [0.25, 0.3) is 5.91 Å². The minimum atomic E-state index is -1.07. The second kappa shape index (κ2) is 16.9. The molecule has 2 rings (SSSR count). The molecule has 0 radical (unpaired) electrons. The predicted octanol–water partition coefficient (Wildman–Crippen LogP) is 2.05. The molecule has 244 valence electrons. The van der Waals surface area contributed by atoms with E-state index in [1.54, 1.807) is 32.9 Å². The van der Waals surface area contributed by atoms with Gasteiger partial charge in [-0.05, 0) is 51.0 Å². The number of aliphatic hydroxyl groups is 1. The van der Waals surface area contributed by atoms with Gasteiger partial charge in [0.05, 0.1) is 36.1 Å². The van der Waals surface area contributed by atoms with Gasteiger partial charge in [0.15, 0.2) is 6.10 Å². The number of carbonyl (C=O) groups is 5. The van der Waals surface area contributed by atoms with Crippen LogP contribution in [0.1, 0.15) is 59.8 Å². The predicted molar refractivity (Wildman–Crippen MR) is 160 cm³/mol. The monoisotopic (exact) mass is 619 g/mol. The van der Waals surface area contributed by atoms with Crippen molar-refractivity contribution < 1.29 is 48.4 Å². The summed E-state index contributed by atoms with van der Waals surface area (Å²) in [6.45, 7) is 6.84. The summed E-state index contributed by atoms with van der Waals surface area (Å²) in [5, 5.41) is 25.6. The summed E-state index contributed by atoms with van der Waals surface area (Å²) in [6, 6.07) is 0. The number of ether oxygens (including phenoxy) is 3. The van der Waals surface area contributed by atoms with Crippen LogP contribution in [0, 0.1) is 11.8 Å². The zero-order chi connectivity index (χ0) is 33.1. The van der Waals surface area contributed by atoms with E-state index in [1.165, 1.54) is 14.2 Å². The molecule has 1 heterocycles. The number of allylic oxidation sites excluding steroid dienone is 3. The summed E-state index contributed by atoms with van der Waals surface area (Å²) in [7, 11) is 2.92. The van der Waals surface area contributed by atoms with Crippen LogP contribution in [0.2, 0.25) is 0 Å². The Morgan fingerprint density at radius 1 is 1.11 bits per heavy atom. The van der Waals surface area contributed by atoms with E-state index < -0.39 is 59.9 Å². The van der Waals surface area contributed by atoms with Crippen molar-refractivity contribution in [3.05, 3.63) is 46.3 Å². The Bertz CT molecular complexity index is 1230. The van der Waals surface area contributed by atoms with Crippen molar-refractivity contribution in [2.45, 2.75) is 84.2 Å². The van der Waals surface area contributed by atoms with Crippen molar-refractivity contribution in [3.8, 4) is 0 Å². The smallest absolute Gasteiger partial charge is 0.405 e. The molecule has 0 aromatic carbocycles. The van der Waals surface area contributed by atoms with Crippen molar-refractivity contribution >= 4 is 29.5 Å². The van der Waals surface area contributed by atoms with Crippen LogP contribution in [0.4, 0.5) is 4.79 Å². The molecule has 1 aliphatic carbocycles. The maximum Gasteiger partial charge on any atom is 0.405 e. The van der Waals surface area contributed by atoms with E-state index in [1.807, 2.05) is 6.92 Å². The first-order valence-corrected chi connectivity index (χ1v) is 14.6. The summed E-state index contributed by atoms with van der Waals surface area (Å²) in [6.07, 6.45) is 1.03. The van der Waals surface area contributed by atoms with Crippen molar-refractivity contribution in [2.24, 2.45) is 17.6 Å². The highest BCUT2D eigenvalue weighted by Gasteiger charge is 2.33. The van der Waals surface area contributed by atoms with Gasteiger partial charge in [-0.15, -0.1) is 0 Å². The van der Waals surface area contributed by atoms with Crippen LogP contribution in [0.5, 0.6) is 0 Å². The van der Waals surface area contributed by atoms with Gasteiger partial charge in [0.1, 0.15) is 0 Å². The molecule has 2 bridgehead atoms. The van der Waals surface area contributed by atoms with Crippen LogP contribution < -0.4 is 16.4 Å². The Balaban J connectivity index is 2.56. The van der Waals surface area contributed by atoms with E-state index in [0.717, 1.165) is 6.08 Å². The highest BCUT2D eigenvalue weighted by atomic mass is 16.6. The number of Topliss-reactive ketones (excluding diaryl/α,β-unsaturated/α-hetero) is 1. The SMILES string of the molecule is CO[C@H]1C[C@H](C)CC2=C(NCCC(=O)O)C(=O)C=C(NC(=O)/C(C)=C/CC[C@H](OC)[C@@H](OC(N)=O)/C(C)=C/[C@H](C)[C@H]1O)C2=O.